The van der Waals surface area contributed by atoms with E-state index in [9.17, 15) is 0 Å². The van der Waals surface area contributed by atoms with Gasteiger partial charge in [-0.1, -0.05) is 17.7 Å². The first-order valence-corrected chi connectivity index (χ1v) is 6.48. The van der Waals surface area contributed by atoms with Gasteiger partial charge in [-0.2, -0.15) is 5.26 Å². The summed E-state index contributed by atoms with van der Waals surface area (Å²) in [6.45, 7) is 5.74. The predicted octanol–water partition coefficient (Wildman–Crippen LogP) is 2.87. The average molecular weight is 265 g/mol. The monoisotopic (exact) mass is 264 g/mol. The third kappa shape index (κ3) is 2.67. The van der Waals surface area contributed by atoms with Crippen molar-refractivity contribution in [3.63, 3.8) is 0 Å². The maximum Gasteiger partial charge on any atom is 0.0992 e. The van der Waals surface area contributed by atoms with E-state index in [1.54, 1.807) is 12.1 Å². The number of nitriles is 1. The van der Waals surface area contributed by atoms with Crippen molar-refractivity contribution in [1.29, 1.82) is 5.26 Å². The largest absolute Gasteiger partial charge is 0.377 e. The summed E-state index contributed by atoms with van der Waals surface area (Å²) >= 11 is 6.15. The van der Waals surface area contributed by atoms with Gasteiger partial charge in [-0.05, 0) is 38.0 Å². The predicted molar refractivity (Wildman–Crippen MR) is 71.4 cm³/mol. The highest BCUT2D eigenvalue weighted by Gasteiger charge is 2.36. The molecule has 1 saturated heterocycles. The molecule has 1 aliphatic heterocycles. The molecular formula is C14H17ClN2O. The Morgan fingerprint density at radius 2 is 2.39 bits per heavy atom. The minimum absolute atomic E-state index is 0.00275. The Morgan fingerprint density at radius 1 is 1.61 bits per heavy atom. The molecule has 1 aromatic rings. The zero-order chi connectivity index (χ0) is 13.2. The molecule has 0 spiro atoms. The number of benzene rings is 1. The molecule has 1 heterocycles. The SMILES string of the molecule is CC1OCCC1(C)NCc1ccc(C#N)cc1Cl. The number of nitrogens with zero attached hydrogens (tertiary/aromatic N) is 1. The Bertz CT molecular complexity index is 483. The summed E-state index contributed by atoms with van der Waals surface area (Å²) in [7, 11) is 0. The van der Waals surface area contributed by atoms with Crippen molar-refractivity contribution < 1.29 is 4.74 Å². The lowest BCUT2D eigenvalue weighted by Gasteiger charge is -2.29. The second-order valence-electron chi connectivity index (χ2n) is 4.95. The van der Waals surface area contributed by atoms with E-state index in [1.165, 1.54) is 0 Å². The standard InChI is InChI=1S/C14H17ClN2O/c1-10-14(2,5-6-18-10)17-9-12-4-3-11(8-16)7-13(12)15/h3-4,7,10,17H,5-6,9H2,1-2H3. The number of nitrogens with one attached hydrogen (secondary N) is 1. The summed E-state index contributed by atoms with van der Waals surface area (Å²) < 4.78 is 5.59. The Balaban J connectivity index is 2.05. The molecule has 3 nitrogen and oxygen atoms in total. The van der Waals surface area contributed by atoms with E-state index in [0.29, 0.717) is 17.1 Å². The maximum atomic E-state index is 8.79. The molecule has 0 amide bonds. The summed E-state index contributed by atoms with van der Waals surface area (Å²) in [6.07, 6.45) is 1.21. The smallest absolute Gasteiger partial charge is 0.0992 e. The molecule has 2 rings (SSSR count). The summed E-state index contributed by atoms with van der Waals surface area (Å²) in [5.41, 5.74) is 1.60. The van der Waals surface area contributed by atoms with Crippen molar-refractivity contribution in [3.8, 4) is 6.07 Å². The molecule has 96 valence electrons. The van der Waals surface area contributed by atoms with E-state index in [-0.39, 0.29) is 11.6 Å². The molecular weight excluding hydrogens is 248 g/mol. The quantitative estimate of drug-likeness (QED) is 0.913. The molecule has 0 radical (unpaired) electrons. The van der Waals surface area contributed by atoms with Crippen LogP contribution in [0.25, 0.3) is 0 Å². The van der Waals surface area contributed by atoms with E-state index in [0.717, 1.165) is 18.6 Å². The zero-order valence-corrected chi connectivity index (χ0v) is 11.4. The molecule has 1 aromatic carbocycles. The van der Waals surface area contributed by atoms with E-state index in [1.807, 2.05) is 6.07 Å². The normalized spacial score (nSPS) is 27.1. The van der Waals surface area contributed by atoms with Gasteiger partial charge in [0.2, 0.25) is 0 Å². The number of rotatable bonds is 3. The minimum atomic E-state index is -0.00275. The number of hydrogen-bond acceptors (Lipinski definition) is 3. The van der Waals surface area contributed by atoms with Crippen LogP contribution >= 0.6 is 11.6 Å². The van der Waals surface area contributed by atoms with Crippen molar-refractivity contribution in [2.45, 2.75) is 38.5 Å². The second kappa shape index (κ2) is 5.27. The van der Waals surface area contributed by atoms with Crippen LogP contribution in [0, 0.1) is 11.3 Å². The second-order valence-corrected chi connectivity index (χ2v) is 5.36. The Morgan fingerprint density at radius 3 is 2.94 bits per heavy atom. The van der Waals surface area contributed by atoms with E-state index in [4.69, 9.17) is 21.6 Å². The first-order valence-electron chi connectivity index (χ1n) is 6.10. The third-order valence-corrected chi connectivity index (χ3v) is 4.10. The van der Waals surface area contributed by atoms with Crippen molar-refractivity contribution in [1.82, 2.24) is 5.32 Å². The van der Waals surface area contributed by atoms with Crippen molar-refractivity contribution in [3.05, 3.63) is 34.3 Å². The van der Waals surface area contributed by atoms with Gasteiger partial charge in [0.25, 0.3) is 0 Å². The number of halogens is 1. The Labute approximate surface area is 113 Å². The molecule has 18 heavy (non-hydrogen) atoms. The van der Waals surface area contributed by atoms with Crippen molar-refractivity contribution >= 4 is 11.6 Å². The van der Waals surface area contributed by atoms with E-state index >= 15 is 0 Å². The van der Waals surface area contributed by atoms with Gasteiger partial charge in [-0.25, -0.2) is 0 Å². The van der Waals surface area contributed by atoms with Gasteiger partial charge in [-0.15, -0.1) is 0 Å². The van der Waals surface area contributed by atoms with E-state index < -0.39 is 0 Å². The maximum absolute atomic E-state index is 8.79. The number of ether oxygens (including phenoxy) is 1. The van der Waals surface area contributed by atoms with Gasteiger partial charge in [0.15, 0.2) is 0 Å². The van der Waals surface area contributed by atoms with Gasteiger partial charge < -0.3 is 10.1 Å². The van der Waals surface area contributed by atoms with Crippen LogP contribution in [0.4, 0.5) is 0 Å². The fourth-order valence-electron chi connectivity index (χ4n) is 2.12. The van der Waals surface area contributed by atoms with Crippen LogP contribution < -0.4 is 5.32 Å². The molecule has 4 heteroatoms. The Hall–Kier alpha value is -1.08. The lowest BCUT2D eigenvalue weighted by Crippen LogP contribution is -2.47. The highest BCUT2D eigenvalue weighted by atomic mass is 35.5. The number of hydrogen-bond donors (Lipinski definition) is 1. The molecule has 0 saturated carbocycles. The molecule has 1 fully saturated rings. The summed E-state index contributed by atoms with van der Waals surface area (Å²) in [5, 5.41) is 12.9. The Kier molecular flexibility index (Phi) is 3.91. The molecule has 2 atom stereocenters. The fourth-order valence-corrected chi connectivity index (χ4v) is 2.37. The molecule has 1 aliphatic rings. The first-order chi connectivity index (χ1) is 8.55. The highest BCUT2D eigenvalue weighted by molar-refractivity contribution is 6.31. The van der Waals surface area contributed by atoms with Crippen molar-refractivity contribution in [2.24, 2.45) is 0 Å². The van der Waals surface area contributed by atoms with Crippen LogP contribution in [0.15, 0.2) is 18.2 Å². The topological polar surface area (TPSA) is 45.0 Å². The zero-order valence-electron chi connectivity index (χ0n) is 10.7. The van der Waals surface area contributed by atoms with Crippen LogP contribution in [0.5, 0.6) is 0 Å². The third-order valence-electron chi connectivity index (χ3n) is 3.75. The van der Waals surface area contributed by atoms with Crippen LogP contribution in [-0.4, -0.2) is 18.2 Å². The molecule has 1 N–H and O–H groups in total. The van der Waals surface area contributed by atoms with Gasteiger partial charge >= 0.3 is 0 Å². The molecule has 0 bridgehead atoms. The minimum Gasteiger partial charge on any atom is -0.377 e. The lowest BCUT2D eigenvalue weighted by molar-refractivity contribution is 0.0881. The summed E-state index contributed by atoms with van der Waals surface area (Å²) in [4.78, 5) is 0. The van der Waals surface area contributed by atoms with Crippen LogP contribution in [0.3, 0.4) is 0 Å². The van der Waals surface area contributed by atoms with Crippen LogP contribution in [0.2, 0.25) is 5.02 Å². The van der Waals surface area contributed by atoms with Crippen LogP contribution in [-0.2, 0) is 11.3 Å². The van der Waals surface area contributed by atoms with Gasteiger partial charge in [-0.3, -0.25) is 0 Å². The first kappa shape index (κ1) is 13.4. The highest BCUT2D eigenvalue weighted by Crippen LogP contribution is 2.26. The lowest BCUT2D eigenvalue weighted by atomic mass is 9.94. The van der Waals surface area contributed by atoms with Gasteiger partial charge in [0, 0.05) is 23.7 Å². The average Bonchev–Trinajstić information content (AvgIpc) is 2.68. The molecule has 2 unspecified atom stereocenters. The molecule has 0 aromatic heterocycles. The molecule has 0 aliphatic carbocycles. The van der Waals surface area contributed by atoms with Crippen LogP contribution in [0.1, 0.15) is 31.4 Å². The fraction of sp³-hybridized carbons (Fsp3) is 0.500. The van der Waals surface area contributed by atoms with Crippen molar-refractivity contribution in [2.75, 3.05) is 6.61 Å². The summed E-state index contributed by atoms with van der Waals surface area (Å²) in [5.74, 6) is 0. The van der Waals surface area contributed by atoms with Gasteiger partial charge in [0.05, 0.1) is 17.7 Å². The van der Waals surface area contributed by atoms with Gasteiger partial charge in [0.1, 0.15) is 0 Å². The summed E-state index contributed by atoms with van der Waals surface area (Å²) in [6, 6.07) is 7.48. The van der Waals surface area contributed by atoms with E-state index in [2.05, 4.69) is 25.2 Å².